The van der Waals surface area contributed by atoms with Gasteiger partial charge in [-0.1, -0.05) is 19.9 Å². The highest BCUT2D eigenvalue weighted by molar-refractivity contribution is 6.04. The van der Waals surface area contributed by atoms with E-state index in [4.69, 9.17) is 7.98 Å². The van der Waals surface area contributed by atoms with Crippen LogP contribution >= 0.6 is 0 Å². The Morgan fingerprint density at radius 1 is 1.18 bits per heavy atom. The van der Waals surface area contributed by atoms with Crippen LogP contribution in [0.2, 0.25) is 0 Å². The molecule has 0 aromatic rings. The summed E-state index contributed by atoms with van der Waals surface area (Å²) in [6.45, 7) is 2.15. The summed E-state index contributed by atoms with van der Waals surface area (Å²) in [5, 5.41) is 3.13. The molecule has 0 atom stereocenters. The Balaban J connectivity index is 2.80. The minimum absolute atomic E-state index is 1.01. The normalized spacial score (nSPS) is 10.9. The van der Waals surface area contributed by atoms with Crippen LogP contribution in [0.1, 0.15) is 25.7 Å². The number of rotatable bonds is 7. The van der Waals surface area contributed by atoms with Crippen molar-refractivity contribution in [3.63, 3.8) is 0 Å². The standard InChI is InChI=1S/C8H19BN2/c1-10-7-5-3-4-6-8-11(2)9/h10H,3-8H2,1-2H3/q-1. The molecule has 0 aliphatic rings. The van der Waals surface area contributed by atoms with Gasteiger partial charge in [-0.15, -0.1) is 0 Å². The lowest BCUT2D eigenvalue weighted by atomic mass is 10.1. The van der Waals surface area contributed by atoms with Crippen LogP contribution in [0.3, 0.4) is 0 Å². The third kappa shape index (κ3) is 9.98. The SMILES string of the molecule is [B-]N(C)CCCCCCNC. The second-order valence-electron chi connectivity index (χ2n) is 3.00. The van der Waals surface area contributed by atoms with E-state index in [-0.39, 0.29) is 0 Å². The van der Waals surface area contributed by atoms with E-state index < -0.39 is 0 Å². The van der Waals surface area contributed by atoms with Crippen molar-refractivity contribution in [2.75, 3.05) is 27.2 Å². The van der Waals surface area contributed by atoms with Gasteiger partial charge in [0, 0.05) is 0 Å². The molecule has 0 unspecified atom stereocenters. The maximum atomic E-state index is 5.45. The Hall–Kier alpha value is -0.0151. The minimum Gasteiger partial charge on any atom is -0.583 e. The fourth-order valence-electron chi connectivity index (χ4n) is 1.02. The molecule has 0 saturated carbocycles. The summed E-state index contributed by atoms with van der Waals surface area (Å²) in [6.07, 6.45) is 5.11. The first-order valence-corrected chi connectivity index (χ1v) is 4.38. The highest BCUT2D eigenvalue weighted by Crippen LogP contribution is 1.98. The van der Waals surface area contributed by atoms with Gasteiger partial charge < -0.3 is 18.1 Å². The van der Waals surface area contributed by atoms with Crippen molar-refractivity contribution < 1.29 is 0 Å². The van der Waals surface area contributed by atoms with Crippen LogP contribution < -0.4 is 5.32 Å². The molecule has 3 heteroatoms. The van der Waals surface area contributed by atoms with Gasteiger partial charge >= 0.3 is 0 Å². The average Bonchev–Trinajstić information content (AvgIpc) is 1.96. The van der Waals surface area contributed by atoms with Crippen LogP contribution in [0.5, 0.6) is 0 Å². The minimum atomic E-state index is 1.01. The van der Waals surface area contributed by atoms with Crippen LogP contribution in [-0.2, 0) is 0 Å². The van der Waals surface area contributed by atoms with E-state index in [0.29, 0.717) is 0 Å². The lowest BCUT2D eigenvalue weighted by molar-refractivity contribution is 0.497. The zero-order chi connectivity index (χ0) is 8.53. The molecule has 0 spiro atoms. The number of nitrogens with zero attached hydrogens (tertiary/aromatic N) is 1. The summed E-state index contributed by atoms with van der Waals surface area (Å²) >= 11 is 0. The molecule has 3 radical (unpaired) electrons. The van der Waals surface area contributed by atoms with Crippen LogP contribution in [-0.4, -0.2) is 40.0 Å². The summed E-state index contributed by atoms with van der Waals surface area (Å²) in [6, 6.07) is 0. The summed E-state index contributed by atoms with van der Waals surface area (Å²) in [4.78, 5) is 1.75. The van der Waals surface area contributed by atoms with Crippen LogP contribution in [0.4, 0.5) is 0 Å². The van der Waals surface area contributed by atoms with Crippen molar-refractivity contribution in [3.8, 4) is 0 Å². The van der Waals surface area contributed by atoms with Crippen LogP contribution in [0.15, 0.2) is 0 Å². The second kappa shape index (κ2) is 8.09. The van der Waals surface area contributed by atoms with E-state index >= 15 is 0 Å². The molecule has 0 aliphatic heterocycles. The van der Waals surface area contributed by atoms with Crippen molar-refractivity contribution in [2.45, 2.75) is 25.7 Å². The summed E-state index contributed by atoms with van der Waals surface area (Å²) in [7, 11) is 9.36. The fraction of sp³-hybridized carbons (Fsp3) is 1.00. The Morgan fingerprint density at radius 3 is 2.36 bits per heavy atom. The van der Waals surface area contributed by atoms with Gasteiger partial charge in [-0.05, 0) is 33.0 Å². The van der Waals surface area contributed by atoms with E-state index in [1.54, 1.807) is 4.81 Å². The Morgan fingerprint density at radius 2 is 1.82 bits per heavy atom. The monoisotopic (exact) mass is 154 g/mol. The average molecular weight is 154 g/mol. The first kappa shape index (κ1) is 11.0. The zero-order valence-corrected chi connectivity index (χ0v) is 7.77. The maximum Gasteiger partial charge on any atom is -0.00519 e. The van der Waals surface area contributed by atoms with Crippen molar-refractivity contribution in [1.82, 2.24) is 10.1 Å². The highest BCUT2D eigenvalue weighted by atomic mass is 15.0. The number of hydrogen-bond acceptors (Lipinski definition) is 2. The van der Waals surface area contributed by atoms with Gasteiger partial charge in [0.05, 0.1) is 0 Å². The molecule has 0 rings (SSSR count). The third-order valence-corrected chi connectivity index (χ3v) is 1.69. The van der Waals surface area contributed by atoms with Gasteiger partial charge in [-0.3, -0.25) is 0 Å². The topological polar surface area (TPSA) is 15.3 Å². The molecule has 0 bridgehead atoms. The van der Waals surface area contributed by atoms with E-state index in [1.807, 2.05) is 14.1 Å². The molecule has 0 saturated heterocycles. The molecule has 0 heterocycles. The summed E-state index contributed by atoms with van der Waals surface area (Å²) in [5.41, 5.74) is 0. The zero-order valence-electron chi connectivity index (χ0n) is 7.77. The van der Waals surface area contributed by atoms with Crippen molar-refractivity contribution in [3.05, 3.63) is 0 Å². The molecule has 2 nitrogen and oxygen atoms in total. The van der Waals surface area contributed by atoms with Gasteiger partial charge in [-0.2, -0.15) is 0 Å². The van der Waals surface area contributed by atoms with E-state index in [2.05, 4.69) is 5.32 Å². The van der Waals surface area contributed by atoms with E-state index in [1.165, 1.54) is 25.7 Å². The second-order valence-corrected chi connectivity index (χ2v) is 3.00. The Bertz CT molecular complexity index is 76.5. The lowest BCUT2D eigenvalue weighted by Crippen LogP contribution is -2.15. The lowest BCUT2D eigenvalue weighted by Gasteiger charge is -2.25. The highest BCUT2D eigenvalue weighted by Gasteiger charge is 1.86. The van der Waals surface area contributed by atoms with Gasteiger partial charge in [0.1, 0.15) is 0 Å². The smallest absolute Gasteiger partial charge is 0.00519 e. The van der Waals surface area contributed by atoms with Crippen molar-refractivity contribution in [1.29, 1.82) is 0 Å². The number of unbranched alkanes of at least 4 members (excludes halogenated alkanes) is 3. The van der Waals surface area contributed by atoms with Crippen LogP contribution in [0.25, 0.3) is 0 Å². The number of nitrogens with one attached hydrogen (secondary N) is 1. The Labute approximate surface area is 71.8 Å². The molecule has 0 fully saturated rings. The van der Waals surface area contributed by atoms with Crippen molar-refractivity contribution in [2.24, 2.45) is 0 Å². The van der Waals surface area contributed by atoms with Gasteiger partial charge in [0.25, 0.3) is 0 Å². The summed E-state index contributed by atoms with van der Waals surface area (Å²) < 4.78 is 0. The molecule has 65 valence electrons. The fourth-order valence-corrected chi connectivity index (χ4v) is 1.02. The first-order valence-electron chi connectivity index (χ1n) is 4.38. The molecule has 11 heavy (non-hydrogen) atoms. The van der Waals surface area contributed by atoms with Crippen LogP contribution in [0, 0.1) is 0 Å². The predicted molar refractivity (Wildman–Crippen MR) is 50.8 cm³/mol. The maximum absolute atomic E-state index is 5.45. The molecule has 0 aromatic carbocycles. The molecular formula is C8H19BN2-. The first-order chi connectivity index (χ1) is 5.27. The quantitative estimate of drug-likeness (QED) is 0.430. The van der Waals surface area contributed by atoms with E-state index in [0.717, 1.165) is 13.1 Å². The largest absolute Gasteiger partial charge is 0.583 e. The molecule has 1 N–H and O–H groups in total. The molecular weight excluding hydrogens is 135 g/mol. The predicted octanol–water partition coefficient (Wildman–Crippen LogP) is 0.781. The van der Waals surface area contributed by atoms with Gasteiger partial charge in [-0.25, -0.2) is 0 Å². The number of hydrogen-bond donors (Lipinski definition) is 1. The molecule has 0 amide bonds. The van der Waals surface area contributed by atoms with E-state index in [9.17, 15) is 0 Å². The molecule has 0 aromatic heterocycles. The van der Waals surface area contributed by atoms with Gasteiger partial charge in [0.15, 0.2) is 0 Å². The third-order valence-electron chi connectivity index (χ3n) is 1.69. The van der Waals surface area contributed by atoms with Crippen molar-refractivity contribution >= 4 is 7.98 Å². The Kier molecular flexibility index (Phi) is 8.07. The molecule has 0 aliphatic carbocycles. The van der Waals surface area contributed by atoms with Gasteiger partial charge in [0.2, 0.25) is 0 Å². The summed E-state index contributed by atoms with van der Waals surface area (Å²) in [5.74, 6) is 0.